The number of amides is 1. The van der Waals surface area contributed by atoms with Gasteiger partial charge in [-0.2, -0.15) is 0 Å². The first-order valence-corrected chi connectivity index (χ1v) is 30.5. The summed E-state index contributed by atoms with van der Waals surface area (Å²) >= 11 is 0. The van der Waals surface area contributed by atoms with Crippen LogP contribution in [-0.4, -0.2) is 87.5 Å². The Morgan fingerprint density at radius 3 is 1.23 bits per heavy atom. The van der Waals surface area contributed by atoms with E-state index in [9.17, 15) is 30.3 Å². The molecule has 0 spiro atoms. The van der Waals surface area contributed by atoms with Gasteiger partial charge in [0.2, 0.25) is 5.91 Å². The molecule has 0 saturated carbocycles. The maximum absolute atomic E-state index is 13.1. The second-order valence-electron chi connectivity index (χ2n) is 21.5. The SMILES string of the molecule is CCCCCCC/C=C\C/C=C\CCCCCCCCCCCCCC(=O)NC(COC1OC(CO)C(O)C(O)C1O)C(O)CCCCCCCCCCCCCCCCCCCCCCCCCC. The van der Waals surface area contributed by atoms with Gasteiger partial charge in [0.15, 0.2) is 6.29 Å². The summed E-state index contributed by atoms with van der Waals surface area (Å²) < 4.78 is 11.3. The molecule has 0 aromatic carbocycles. The molecule has 7 unspecified atom stereocenters. The van der Waals surface area contributed by atoms with Gasteiger partial charge in [0.05, 0.1) is 25.4 Å². The van der Waals surface area contributed by atoms with Crippen LogP contribution in [0.3, 0.4) is 0 Å². The van der Waals surface area contributed by atoms with Crippen LogP contribution in [0.2, 0.25) is 0 Å². The number of carbonyl (C=O) groups excluding carboxylic acids is 1. The van der Waals surface area contributed by atoms with Gasteiger partial charge in [-0.1, -0.05) is 276 Å². The minimum Gasteiger partial charge on any atom is -0.394 e. The van der Waals surface area contributed by atoms with Gasteiger partial charge in [-0.3, -0.25) is 4.79 Å². The lowest BCUT2D eigenvalue weighted by Gasteiger charge is -2.40. The molecule has 7 atom stereocenters. The number of hydrogen-bond acceptors (Lipinski definition) is 8. The minimum atomic E-state index is -1.55. The average molecular weight is 993 g/mol. The molecule has 0 radical (unpaired) electrons. The van der Waals surface area contributed by atoms with Crippen molar-refractivity contribution < 1.29 is 39.8 Å². The summed E-state index contributed by atoms with van der Waals surface area (Å²) in [5, 5.41) is 54.8. The number of ether oxygens (including phenoxy) is 2. The molecular formula is C61H117NO8. The number of allylic oxidation sites excluding steroid dienone is 4. The maximum atomic E-state index is 13.1. The Bertz CT molecular complexity index is 1150. The highest BCUT2D eigenvalue weighted by Crippen LogP contribution is 2.23. The zero-order valence-electron chi connectivity index (χ0n) is 46.0. The van der Waals surface area contributed by atoms with Crippen LogP contribution in [0.15, 0.2) is 24.3 Å². The van der Waals surface area contributed by atoms with Crippen LogP contribution >= 0.6 is 0 Å². The van der Waals surface area contributed by atoms with Crippen molar-refractivity contribution in [3.8, 4) is 0 Å². The first kappa shape index (κ1) is 66.7. The van der Waals surface area contributed by atoms with Crippen molar-refractivity contribution in [2.45, 2.75) is 346 Å². The predicted octanol–water partition coefficient (Wildman–Crippen LogP) is 15.4. The molecule has 0 aromatic rings. The fourth-order valence-electron chi connectivity index (χ4n) is 9.96. The van der Waals surface area contributed by atoms with Crippen molar-refractivity contribution in [2.24, 2.45) is 0 Å². The molecule has 0 aromatic heterocycles. The van der Waals surface area contributed by atoms with Crippen LogP contribution in [0.5, 0.6) is 0 Å². The number of aliphatic hydroxyl groups is 5. The second kappa shape index (κ2) is 51.2. The fraction of sp³-hybridized carbons (Fsp3) is 0.918. The van der Waals surface area contributed by atoms with E-state index in [1.165, 1.54) is 231 Å². The first-order chi connectivity index (χ1) is 34.3. The molecule has 9 nitrogen and oxygen atoms in total. The van der Waals surface area contributed by atoms with Gasteiger partial charge in [-0.05, 0) is 44.9 Å². The fourth-order valence-corrected chi connectivity index (χ4v) is 9.96. The summed E-state index contributed by atoms with van der Waals surface area (Å²) in [5.74, 6) is -0.142. The van der Waals surface area contributed by atoms with Crippen LogP contribution in [0.25, 0.3) is 0 Å². The molecule has 1 saturated heterocycles. The molecule has 414 valence electrons. The molecule has 1 fully saturated rings. The zero-order valence-corrected chi connectivity index (χ0v) is 46.0. The molecule has 0 bridgehead atoms. The molecular weight excluding hydrogens is 875 g/mol. The van der Waals surface area contributed by atoms with Gasteiger partial charge in [0.1, 0.15) is 24.4 Å². The number of unbranched alkanes of at least 4 members (excludes halogenated alkanes) is 39. The van der Waals surface area contributed by atoms with Crippen molar-refractivity contribution in [3.05, 3.63) is 24.3 Å². The van der Waals surface area contributed by atoms with E-state index in [2.05, 4.69) is 43.5 Å². The quantitative estimate of drug-likeness (QED) is 0.0261. The number of carbonyl (C=O) groups is 1. The third-order valence-corrected chi connectivity index (χ3v) is 14.8. The van der Waals surface area contributed by atoms with E-state index in [4.69, 9.17) is 9.47 Å². The van der Waals surface area contributed by atoms with E-state index in [-0.39, 0.29) is 12.5 Å². The molecule has 1 aliphatic heterocycles. The molecule has 1 aliphatic rings. The van der Waals surface area contributed by atoms with Crippen molar-refractivity contribution in [3.63, 3.8) is 0 Å². The maximum Gasteiger partial charge on any atom is 0.220 e. The summed E-state index contributed by atoms with van der Waals surface area (Å²) in [6, 6.07) is -0.720. The van der Waals surface area contributed by atoms with Crippen molar-refractivity contribution >= 4 is 5.91 Å². The average Bonchev–Trinajstić information content (AvgIpc) is 3.36. The molecule has 70 heavy (non-hydrogen) atoms. The van der Waals surface area contributed by atoms with Crippen LogP contribution in [-0.2, 0) is 14.3 Å². The third kappa shape index (κ3) is 40.1. The lowest BCUT2D eigenvalue weighted by atomic mass is 9.99. The van der Waals surface area contributed by atoms with Gasteiger partial charge < -0.3 is 40.3 Å². The Labute approximate surface area is 432 Å². The van der Waals surface area contributed by atoms with Gasteiger partial charge in [-0.15, -0.1) is 0 Å². The monoisotopic (exact) mass is 992 g/mol. The Morgan fingerprint density at radius 2 is 0.843 bits per heavy atom. The van der Waals surface area contributed by atoms with Crippen LogP contribution in [0.4, 0.5) is 0 Å². The minimum absolute atomic E-state index is 0.136. The van der Waals surface area contributed by atoms with Gasteiger partial charge in [-0.25, -0.2) is 0 Å². The predicted molar refractivity (Wildman–Crippen MR) is 295 cm³/mol. The first-order valence-electron chi connectivity index (χ1n) is 30.5. The topological polar surface area (TPSA) is 149 Å². The third-order valence-electron chi connectivity index (χ3n) is 14.8. The number of hydrogen-bond donors (Lipinski definition) is 6. The smallest absolute Gasteiger partial charge is 0.220 e. The number of aliphatic hydroxyl groups excluding tert-OH is 5. The van der Waals surface area contributed by atoms with Crippen molar-refractivity contribution in [1.82, 2.24) is 5.32 Å². The highest BCUT2D eigenvalue weighted by Gasteiger charge is 2.44. The molecule has 1 rings (SSSR count). The summed E-state index contributed by atoms with van der Waals surface area (Å²) in [5.41, 5.74) is 0. The Morgan fingerprint density at radius 1 is 0.486 bits per heavy atom. The Kier molecular flexibility index (Phi) is 48.7. The molecule has 1 amide bonds. The normalized spacial score (nSPS) is 19.4. The summed E-state index contributed by atoms with van der Waals surface area (Å²) in [7, 11) is 0. The van der Waals surface area contributed by atoms with Crippen molar-refractivity contribution in [1.29, 1.82) is 0 Å². The van der Waals surface area contributed by atoms with E-state index >= 15 is 0 Å². The van der Waals surface area contributed by atoms with Crippen LogP contribution in [0.1, 0.15) is 303 Å². The van der Waals surface area contributed by atoms with Gasteiger partial charge >= 0.3 is 0 Å². The lowest BCUT2D eigenvalue weighted by Crippen LogP contribution is -2.60. The Hall–Kier alpha value is -1.33. The Balaban J connectivity index is 2.18. The van der Waals surface area contributed by atoms with E-state index in [1.54, 1.807) is 0 Å². The molecule has 1 heterocycles. The number of rotatable bonds is 53. The molecule has 9 heteroatoms. The standard InChI is InChI=1S/C61H117NO8/c1-3-5-7-9-11-13-15-17-19-21-23-25-27-29-30-32-34-36-38-40-42-44-46-48-50-55(64)54(53-69-61-60(68)59(67)58(66)56(52-63)70-61)62-57(65)51-49-47-45-43-41-39-37-35-33-31-28-26-24-22-20-18-16-14-12-10-8-6-4-2/h16,18,22,24,54-56,58-61,63-64,66-68H,3-15,17,19-21,23,25-53H2,1-2H3,(H,62,65)/b18-16-,24-22-. The number of nitrogens with one attached hydrogen (secondary N) is 1. The molecule has 0 aliphatic carbocycles. The lowest BCUT2D eigenvalue weighted by molar-refractivity contribution is -0.302. The van der Waals surface area contributed by atoms with Gasteiger partial charge in [0, 0.05) is 6.42 Å². The molecule has 6 N–H and O–H groups in total. The van der Waals surface area contributed by atoms with Gasteiger partial charge in [0.25, 0.3) is 0 Å². The van der Waals surface area contributed by atoms with E-state index in [1.807, 2.05) is 0 Å². The summed E-state index contributed by atoms with van der Waals surface area (Å²) in [4.78, 5) is 13.1. The van der Waals surface area contributed by atoms with E-state index in [0.717, 1.165) is 44.9 Å². The highest BCUT2D eigenvalue weighted by molar-refractivity contribution is 5.76. The summed E-state index contributed by atoms with van der Waals surface area (Å²) in [6.45, 7) is 3.87. The van der Waals surface area contributed by atoms with E-state index in [0.29, 0.717) is 12.8 Å². The summed E-state index contributed by atoms with van der Waals surface area (Å²) in [6.07, 6.45) is 57.8. The van der Waals surface area contributed by atoms with Crippen LogP contribution in [0, 0.1) is 0 Å². The van der Waals surface area contributed by atoms with Crippen molar-refractivity contribution in [2.75, 3.05) is 13.2 Å². The largest absolute Gasteiger partial charge is 0.394 e. The highest BCUT2D eigenvalue weighted by atomic mass is 16.7. The van der Waals surface area contributed by atoms with E-state index < -0.39 is 49.5 Å². The second-order valence-corrected chi connectivity index (χ2v) is 21.5. The zero-order chi connectivity index (χ0) is 50.8. The van der Waals surface area contributed by atoms with Crippen LogP contribution < -0.4 is 5.32 Å².